The minimum absolute atomic E-state index is 0.168. The third-order valence-corrected chi connectivity index (χ3v) is 3.41. The predicted molar refractivity (Wildman–Crippen MR) is 62.1 cm³/mol. The van der Waals surface area contributed by atoms with Crippen LogP contribution in [0.4, 0.5) is 8.78 Å². The zero-order chi connectivity index (χ0) is 12.4. The first-order valence-corrected chi connectivity index (χ1v) is 5.99. The highest BCUT2D eigenvalue weighted by atomic mass is 35.5. The Kier molecular flexibility index (Phi) is 3.71. The molecule has 2 aromatic rings. The van der Waals surface area contributed by atoms with Crippen molar-refractivity contribution >= 4 is 22.9 Å². The van der Waals surface area contributed by atoms with E-state index in [0.29, 0.717) is 14.9 Å². The Labute approximate surface area is 106 Å². The van der Waals surface area contributed by atoms with Crippen LogP contribution >= 0.6 is 22.9 Å². The number of nitrogens with zero attached hydrogens (tertiary/aromatic N) is 1. The highest BCUT2D eigenvalue weighted by molar-refractivity contribution is 7.15. The number of aliphatic hydroxyl groups excluding tert-OH is 1. The molecule has 1 aromatic heterocycles. The van der Waals surface area contributed by atoms with Crippen molar-refractivity contribution < 1.29 is 13.9 Å². The van der Waals surface area contributed by atoms with E-state index in [4.69, 9.17) is 11.6 Å². The number of rotatable bonds is 3. The van der Waals surface area contributed by atoms with E-state index in [1.54, 1.807) is 0 Å². The highest BCUT2D eigenvalue weighted by Crippen LogP contribution is 2.26. The Morgan fingerprint density at radius 3 is 2.71 bits per heavy atom. The topological polar surface area (TPSA) is 33.1 Å². The molecule has 1 aromatic carbocycles. The van der Waals surface area contributed by atoms with Gasteiger partial charge in [-0.1, -0.05) is 17.7 Å². The SMILES string of the molecule is OC(Cc1ccc(F)c(F)c1)c1ncc(Cl)s1. The van der Waals surface area contributed by atoms with Crippen molar-refractivity contribution in [3.63, 3.8) is 0 Å². The molecule has 90 valence electrons. The van der Waals surface area contributed by atoms with Crippen LogP contribution in [0.15, 0.2) is 24.4 Å². The summed E-state index contributed by atoms with van der Waals surface area (Å²) in [6.45, 7) is 0. The van der Waals surface area contributed by atoms with Crippen molar-refractivity contribution in [2.24, 2.45) is 0 Å². The number of aromatic nitrogens is 1. The molecule has 0 saturated carbocycles. The molecule has 0 radical (unpaired) electrons. The first-order chi connectivity index (χ1) is 8.06. The Morgan fingerprint density at radius 1 is 1.35 bits per heavy atom. The number of hydrogen-bond acceptors (Lipinski definition) is 3. The first-order valence-electron chi connectivity index (χ1n) is 4.79. The highest BCUT2D eigenvalue weighted by Gasteiger charge is 2.14. The summed E-state index contributed by atoms with van der Waals surface area (Å²) in [5.74, 6) is -1.83. The molecule has 0 spiro atoms. The van der Waals surface area contributed by atoms with Gasteiger partial charge in [-0.05, 0) is 17.7 Å². The van der Waals surface area contributed by atoms with E-state index in [2.05, 4.69) is 4.98 Å². The second-order valence-electron chi connectivity index (χ2n) is 3.47. The van der Waals surface area contributed by atoms with Gasteiger partial charge >= 0.3 is 0 Å². The van der Waals surface area contributed by atoms with Gasteiger partial charge in [-0.3, -0.25) is 0 Å². The molecule has 1 atom stereocenters. The van der Waals surface area contributed by atoms with Crippen molar-refractivity contribution in [2.45, 2.75) is 12.5 Å². The van der Waals surface area contributed by atoms with Crippen LogP contribution < -0.4 is 0 Å². The second-order valence-corrected chi connectivity index (χ2v) is 5.16. The zero-order valence-corrected chi connectivity index (χ0v) is 10.1. The van der Waals surface area contributed by atoms with Gasteiger partial charge in [0, 0.05) is 6.42 Å². The molecule has 2 nitrogen and oxygen atoms in total. The number of thiazole rings is 1. The van der Waals surface area contributed by atoms with E-state index in [9.17, 15) is 13.9 Å². The van der Waals surface area contributed by atoms with Gasteiger partial charge < -0.3 is 5.11 Å². The zero-order valence-electron chi connectivity index (χ0n) is 8.53. The minimum atomic E-state index is -0.924. The molecule has 0 fully saturated rings. The lowest BCUT2D eigenvalue weighted by atomic mass is 10.1. The summed E-state index contributed by atoms with van der Waals surface area (Å²) in [6.07, 6.45) is 0.745. The van der Waals surface area contributed by atoms with Gasteiger partial charge in [-0.25, -0.2) is 13.8 Å². The smallest absolute Gasteiger partial charge is 0.159 e. The lowest BCUT2D eigenvalue weighted by Gasteiger charge is -2.07. The van der Waals surface area contributed by atoms with E-state index in [1.807, 2.05) is 0 Å². The number of benzene rings is 1. The maximum Gasteiger partial charge on any atom is 0.159 e. The van der Waals surface area contributed by atoms with E-state index in [-0.39, 0.29) is 6.42 Å². The van der Waals surface area contributed by atoms with Crippen LogP contribution in [0.3, 0.4) is 0 Å². The van der Waals surface area contributed by atoms with Gasteiger partial charge in [0.2, 0.25) is 0 Å². The summed E-state index contributed by atoms with van der Waals surface area (Å²) < 4.78 is 26.1. The van der Waals surface area contributed by atoms with E-state index in [0.717, 1.165) is 23.5 Å². The van der Waals surface area contributed by atoms with Crippen molar-refractivity contribution in [3.05, 3.63) is 50.9 Å². The quantitative estimate of drug-likeness (QED) is 0.932. The van der Waals surface area contributed by atoms with Crippen molar-refractivity contribution in [2.75, 3.05) is 0 Å². The van der Waals surface area contributed by atoms with Crippen LogP contribution in [-0.4, -0.2) is 10.1 Å². The molecule has 17 heavy (non-hydrogen) atoms. The molecule has 0 amide bonds. The molecule has 1 N–H and O–H groups in total. The van der Waals surface area contributed by atoms with Gasteiger partial charge in [0.15, 0.2) is 11.6 Å². The van der Waals surface area contributed by atoms with Gasteiger partial charge in [-0.15, -0.1) is 11.3 Å². The monoisotopic (exact) mass is 275 g/mol. The van der Waals surface area contributed by atoms with Crippen LogP contribution in [0.1, 0.15) is 16.7 Å². The normalized spacial score (nSPS) is 12.7. The van der Waals surface area contributed by atoms with Crippen molar-refractivity contribution in [3.8, 4) is 0 Å². The second kappa shape index (κ2) is 5.08. The molecule has 0 aliphatic rings. The largest absolute Gasteiger partial charge is 0.386 e. The molecule has 2 rings (SSSR count). The summed E-state index contributed by atoms with van der Waals surface area (Å²) in [5, 5.41) is 10.3. The van der Waals surface area contributed by atoms with E-state index >= 15 is 0 Å². The maximum absolute atomic E-state index is 12.9. The summed E-state index contributed by atoms with van der Waals surface area (Å²) in [7, 11) is 0. The average Bonchev–Trinajstić information content (AvgIpc) is 2.70. The minimum Gasteiger partial charge on any atom is -0.386 e. The standard InChI is InChI=1S/C11H8ClF2NOS/c12-10-5-15-11(17-10)9(16)4-6-1-2-7(13)8(14)3-6/h1-3,5,9,16H,4H2. The van der Waals surface area contributed by atoms with Crippen LogP contribution in [-0.2, 0) is 6.42 Å². The summed E-state index contributed by atoms with van der Waals surface area (Å²) >= 11 is 6.85. The molecular weight excluding hydrogens is 268 g/mol. The molecule has 0 aliphatic heterocycles. The molecule has 6 heteroatoms. The Morgan fingerprint density at radius 2 is 2.12 bits per heavy atom. The molecule has 1 heterocycles. The number of hydrogen-bond donors (Lipinski definition) is 1. The number of halogens is 3. The molecule has 0 aliphatic carbocycles. The fourth-order valence-electron chi connectivity index (χ4n) is 1.40. The van der Waals surface area contributed by atoms with Crippen LogP contribution in [0, 0.1) is 11.6 Å². The predicted octanol–water partition coefficient (Wildman–Crippen LogP) is 3.35. The van der Waals surface area contributed by atoms with Gasteiger partial charge in [0.25, 0.3) is 0 Å². The van der Waals surface area contributed by atoms with E-state index in [1.165, 1.54) is 12.3 Å². The molecular formula is C11H8ClF2NOS. The van der Waals surface area contributed by atoms with Crippen LogP contribution in [0.25, 0.3) is 0 Å². The third-order valence-electron chi connectivity index (χ3n) is 2.19. The van der Waals surface area contributed by atoms with E-state index < -0.39 is 17.7 Å². The molecule has 0 bridgehead atoms. The lowest BCUT2D eigenvalue weighted by Crippen LogP contribution is -2.01. The third kappa shape index (κ3) is 3.00. The van der Waals surface area contributed by atoms with Gasteiger partial charge in [-0.2, -0.15) is 0 Å². The first kappa shape index (κ1) is 12.4. The number of aliphatic hydroxyl groups is 1. The Balaban J connectivity index is 2.12. The fraction of sp³-hybridized carbons (Fsp3) is 0.182. The fourth-order valence-corrected chi connectivity index (χ4v) is 2.31. The van der Waals surface area contributed by atoms with Gasteiger partial charge in [0.05, 0.1) is 6.20 Å². The van der Waals surface area contributed by atoms with Crippen LogP contribution in [0.5, 0.6) is 0 Å². The Bertz CT molecular complexity index is 532. The van der Waals surface area contributed by atoms with Gasteiger partial charge in [0.1, 0.15) is 15.4 Å². The van der Waals surface area contributed by atoms with Crippen LogP contribution in [0.2, 0.25) is 4.34 Å². The molecule has 1 unspecified atom stereocenters. The summed E-state index contributed by atoms with van der Waals surface area (Å²) in [4.78, 5) is 3.92. The average molecular weight is 276 g/mol. The summed E-state index contributed by atoms with van der Waals surface area (Å²) in [6, 6.07) is 3.52. The summed E-state index contributed by atoms with van der Waals surface area (Å²) in [5.41, 5.74) is 0.503. The maximum atomic E-state index is 12.9. The van der Waals surface area contributed by atoms with Crippen molar-refractivity contribution in [1.29, 1.82) is 0 Å². The lowest BCUT2D eigenvalue weighted by molar-refractivity contribution is 0.178. The van der Waals surface area contributed by atoms with Crippen molar-refractivity contribution in [1.82, 2.24) is 4.98 Å². The Hall–Kier alpha value is -1.04. The molecule has 0 saturated heterocycles.